The molecule has 0 spiro atoms. The maximum Gasteiger partial charge on any atom is 0.272 e. The van der Waals surface area contributed by atoms with Gasteiger partial charge in [-0.2, -0.15) is 5.10 Å². The summed E-state index contributed by atoms with van der Waals surface area (Å²) in [6.07, 6.45) is 0.138. The number of aromatic nitrogens is 2. The lowest BCUT2D eigenvalue weighted by molar-refractivity contribution is -0.120. The highest BCUT2D eigenvalue weighted by atomic mass is 16.1. The first kappa shape index (κ1) is 15.9. The van der Waals surface area contributed by atoms with Crippen LogP contribution in [-0.2, 0) is 11.2 Å². The van der Waals surface area contributed by atoms with Crippen LogP contribution < -0.4 is 10.9 Å². The van der Waals surface area contributed by atoms with Gasteiger partial charge in [0.1, 0.15) is 0 Å². The Hall–Kier alpha value is -2.95. The predicted molar refractivity (Wildman–Crippen MR) is 93.9 cm³/mol. The second-order valence-electron chi connectivity index (χ2n) is 5.84. The Balaban J connectivity index is 1.68. The molecule has 1 aromatic heterocycles. The molecule has 1 atom stereocenters. The molecule has 0 aliphatic rings. The Bertz CT molecular complexity index is 903. The van der Waals surface area contributed by atoms with E-state index < -0.39 is 0 Å². The van der Waals surface area contributed by atoms with Crippen LogP contribution >= 0.6 is 0 Å². The summed E-state index contributed by atoms with van der Waals surface area (Å²) in [6.45, 7) is 2.63. The van der Waals surface area contributed by atoms with Crippen LogP contribution in [0.3, 0.4) is 0 Å². The van der Waals surface area contributed by atoms with Crippen molar-refractivity contribution in [3.63, 3.8) is 0 Å². The molecule has 24 heavy (non-hydrogen) atoms. The smallest absolute Gasteiger partial charge is 0.272 e. The molecule has 1 amide bonds. The number of nitrogens with zero attached hydrogens (tertiary/aromatic N) is 1. The summed E-state index contributed by atoms with van der Waals surface area (Å²) in [5.74, 6) is 0.123. The number of rotatable bonds is 5. The van der Waals surface area contributed by atoms with Gasteiger partial charge in [0.25, 0.3) is 5.56 Å². The summed E-state index contributed by atoms with van der Waals surface area (Å²) in [7, 11) is 0. The van der Waals surface area contributed by atoms with E-state index in [-0.39, 0.29) is 23.8 Å². The molecule has 0 aliphatic heterocycles. The summed E-state index contributed by atoms with van der Waals surface area (Å²) < 4.78 is 0. The third-order valence-corrected chi connectivity index (χ3v) is 4.08. The van der Waals surface area contributed by atoms with E-state index in [9.17, 15) is 9.59 Å². The van der Waals surface area contributed by atoms with E-state index in [1.54, 1.807) is 12.1 Å². The van der Waals surface area contributed by atoms with Crippen LogP contribution in [0.25, 0.3) is 10.8 Å². The number of amides is 1. The number of nitrogens with one attached hydrogen (secondary N) is 2. The first-order valence-corrected chi connectivity index (χ1v) is 7.93. The molecule has 1 unspecified atom stereocenters. The molecule has 3 aromatic rings. The molecule has 0 aliphatic carbocycles. The van der Waals surface area contributed by atoms with Gasteiger partial charge in [-0.3, -0.25) is 9.59 Å². The number of hydrogen-bond donors (Lipinski definition) is 2. The first-order chi connectivity index (χ1) is 11.6. The van der Waals surface area contributed by atoms with Crippen LogP contribution in [0.2, 0.25) is 0 Å². The highest BCUT2D eigenvalue weighted by Crippen LogP contribution is 2.14. The molecule has 1 heterocycles. The van der Waals surface area contributed by atoms with Gasteiger partial charge in [0, 0.05) is 11.9 Å². The molecule has 2 aromatic carbocycles. The van der Waals surface area contributed by atoms with E-state index >= 15 is 0 Å². The molecule has 3 rings (SSSR count). The zero-order chi connectivity index (χ0) is 16.9. The SMILES string of the molecule is CC(CNC(=O)Cc1n[nH]c(=O)c2ccccc12)c1ccccc1. The minimum Gasteiger partial charge on any atom is -0.355 e. The molecule has 0 saturated heterocycles. The molecule has 122 valence electrons. The summed E-state index contributed by atoms with van der Waals surface area (Å²) >= 11 is 0. The predicted octanol–water partition coefficient (Wildman–Crippen LogP) is 2.39. The van der Waals surface area contributed by atoms with E-state index in [1.165, 1.54) is 5.56 Å². The van der Waals surface area contributed by atoms with Crippen molar-refractivity contribution in [2.75, 3.05) is 6.54 Å². The van der Waals surface area contributed by atoms with E-state index in [0.29, 0.717) is 23.0 Å². The van der Waals surface area contributed by atoms with Crippen molar-refractivity contribution in [1.29, 1.82) is 0 Å². The quantitative estimate of drug-likeness (QED) is 0.757. The van der Waals surface area contributed by atoms with Gasteiger partial charge in [0.2, 0.25) is 5.91 Å². The number of carbonyl (C=O) groups is 1. The largest absolute Gasteiger partial charge is 0.355 e. The van der Waals surface area contributed by atoms with Crippen LogP contribution in [0.1, 0.15) is 24.1 Å². The Morgan fingerprint density at radius 2 is 1.75 bits per heavy atom. The second-order valence-corrected chi connectivity index (χ2v) is 5.84. The number of carbonyl (C=O) groups excluding carboxylic acids is 1. The zero-order valence-corrected chi connectivity index (χ0v) is 13.5. The highest BCUT2D eigenvalue weighted by molar-refractivity contribution is 5.88. The summed E-state index contributed by atoms with van der Waals surface area (Å²) in [6, 6.07) is 17.2. The Morgan fingerprint density at radius 1 is 1.08 bits per heavy atom. The van der Waals surface area contributed by atoms with E-state index in [2.05, 4.69) is 22.4 Å². The van der Waals surface area contributed by atoms with Gasteiger partial charge >= 0.3 is 0 Å². The maximum absolute atomic E-state index is 12.2. The van der Waals surface area contributed by atoms with Crippen molar-refractivity contribution in [2.45, 2.75) is 19.3 Å². The summed E-state index contributed by atoms with van der Waals surface area (Å²) in [5, 5.41) is 10.7. The fourth-order valence-electron chi connectivity index (χ4n) is 2.69. The summed E-state index contributed by atoms with van der Waals surface area (Å²) in [5.41, 5.74) is 1.52. The summed E-state index contributed by atoms with van der Waals surface area (Å²) in [4.78, 5) is 24.0. The average molecular weight is 321 g/mol. The van der Waals surface area contributed by atoms with Crippen LogP contribution in [0, 0.1) is 0 Å². The zero-order valence-electron chi connectivity index (χ0n) is 13.5. The Morgan fingerprint density at radius 3 is 2.50 bits per heavy atom. The molecule has 2 N–H and O–H groups in total. The van der Waals surface area contributed by atoms with E-state index in [4.69, 9.17) is 0 Å². The van der Waals surface area contributed by atoms with Gasteiger partial charge in [-0.1, -0.05) is 55.5 Å². The van der Waals surface area contributed by atoms with Crippen molar-refractivity contribution >= 4 is 16.7 Å². The Labute approximate surface area is 139 Å². The second kappa shape index (κ2) is 7.08. The number of benzene rings is 2. The molecular formula is C19H19N3O2. The number of hydrogen-bond acceptors (Lipinski definition) is 3. The van der Waals surface area contributed by atoms with Gasteiger partial charge in [-0.15, -0.1) is 0 Å². The van der Waals surface area contributed by atoms with Gasteiger partial charge in [0.15, 0.2) is 0 Å². The van der Waals surface area contributed by atoms with Crippen molar-refractivity contribution in [3.8, 4) is 0 Å². The highest BCUT2D eigenvalue weighted by Gasteiger charge is 2.12. The van der Waals surface area contributed by atoms with Gasteiger partial charge in [0.05, 0.1) is 17.5 Å². The maximum atomic E-state index is 12.2. The fraction of sp³-hybridized carbons (Fsp3) is 0.211. The normalized spacial score (nSPS) is 12.0. The molecule has 5 heteroatoms. The molecular weight excluding hydrogens is 302 g/mol. The fourth-order valence-corrected chi connectivity index (χ4v) is 2.69. The third kappa shape index (κ3) is 3.51. The standard InChI is InChI=1S/C19H19N3O2/c1-13(14-7-3-2-4-8-14)12-20-18(23)11-17-15-9-5-6-10-16(15)19(24)22-21-17/h2-10,13H,11-12H2,1H3,(H,20,23)(H,22,24). The molecule has 5 nitrogen and oxygen atoms in total. The number of fused-ring (bicyclic) bond motifs is 1. The average Bonchev–Trinajstić information content (AvgIpc) is 2.63. The van der Waals surface area contributed by atoms with Crippen LogP contribution in [0.5, 0.6) is 0 Å². The third-order valence-electron chi connectivity index (χ3n) is 4.08. The minimum absolute atomic E-state index is 0.109. The lowest BCUT2D eigenvalue weighted by Gasteiger charge is -2.13. The number of H-pyrrole nitrogens is 1. The first-order valence-electron chi connectivity index (χ1n) is 7.93. The lowest BCUT2D eigenvalue weighted by atomic mass is 10.0. The van der Waals surface area contributed by atoms with Crippen LogP contribution in [0.15, 0.2) is 59.4 Å². The van der Waals surface area contributed by atoms with Gasteiger partial charge in [-0.25, -0.2) is 5.10 Å². The van der Waals surface area contributed by atoms with E-state index in [1.807, 2.05) is 42.5 Å². The Kier molecular flexibility index (Phi) is 4.70. The van der Waals surface area contributed by atoms with Crippen molar-refractivity contribution < 1.29 is 4.79 Å². The van der Waals surface area contributed by atoms with Crippen molar-refractivity contribution in [2.24, 2.45) is 0 Å². The van der Waals surface area contributed by atoms with Crippen molar-refractivity contribution in [1.82, 2.24) is 15.5 Å². The minimum atomic E-state index is -0.243. The van der Waals surface area contributed by atoms with Crippen LogP contribution in [-0.4, -0.2) is 22.6 Å². The molecule has 0 radical (unpaired) electrons. The van der Waals surface area contributed by atoms with Crippen molar-refractivity contribution in [3.05, 3.63) is 76.2 Å². The number of aromatic amines is 1. The molecule has 0 saturated carbocycles. The van der Waals surface area contributed by atoms with Crippen LogP contribution in [0.4, 0.5) is 0 Å². The van der Waals surface area contributed by atoms with Gasteiger partial charge < -0.3 is 5.32 Å². The topological polar surface area (TPSA) is 74.8 Å². The van der Waals surface area contributed by atoms with Gasteiger partial charge in [-0.05, 0) is 17.5 Å². The monoisotopic (exact) mass is 321 g/mol. The molecule has 0 bridgehead atoms. The lowest BCUT2D eigenvalue weighted by Crippen LogP contribution is -2.29. The molecule has 0 fully saturated rings. The van der Waals surface area contributed by atoms with E-state index in [0.717, 1.165) is 0 Å².